The number of benzene rings is 1. The minimum Gasteiger partial charge on any atom is -0.493 e. The van der Waals surface area contributed by atoms with Gasteiger partial charge in [0.1, 0.15) is 0 Å². The highest BCUT2D eigenvalue weighted by Crippen LogP contribution is 2.27. The Hall–Kier alpha value is -1.41. The predicted molar refractivity (Wildman–Crippen MR) is 95.8 cm³/mol. The maximum atomic E-state index is 11.8. The molecule has 0 unspecified atom stereocenters. The summed E-state index contributed by atoms with van der Waals surface area (Å²) in [6.07, 6.45) is 1.33. The first kappa shape index (κ1) is 18.9. The lowest BCUT2D eigenvalue weighted by atomic mass is 10.1. The summed E-state index contributed by atoms with van der Waals surface area (Å²) in [6, 6.07) is 5.67. The molecule has 0 bridgehead atoms. The van der Waals surface area contributed by atoms with Crippen molar-refractivity contribution in [3.8, 4) is 11.5 Å². The molecule has 0 radical (unpaired) electrons. The first-order chi connectivity index (χ1) is 11.4. The van der Waals surface area contributed by atoms with E-state index in [1.165, 1.54) is 11.8 Å². The van der Waals surface area contributed by atoms with Crippen LogP contribution >= 0.6 is 11.8 Å². The number of rotatable bonds is 8. The second-order valence-corrected chi connectivity index (χ2v) is 9.14. The molecule has 0 spiro atoms. The summed E-state index contributed by atoms with van der Waals surface area (Å²) in [5.41, 5.74) is 1.04. The molecule has 1 atom stereocenters. The summed E-state index contributed by atoms with van der Waals surface area (Å²) in [5.74, 6) is 2.01. The van der Waals surface area contributed by atoms with Crippen molar-refractivity contribution in [2.45, 2.75) is 18.1 Å². The zero-order chi connectivity index (χ0) is 17.6. The molecular formula is C16H23NO5S2. The highest BCUT2D eigenvalue weighted by atomic mass is 32.2. The molecule has 134 valence electrons. The monoisotopic (exact) mass is 373 g/mol. The topological polar surface area (TPSA) is 81.7 Å². The minimum absolute atomic E-state index is 0.0478. The lowest BCUT2D eigenvalue weighted by molar-refractivity contribution is -0.118. The Balaban J connectivity index is 1.71. The third-order valence-corrected chi connectivity index (χ3v) is 7.11. The number of hydrogen-bond donors (Lipinski definition) is 1. The highest BCUT2D eigenvalue weighted by Gasteiger charge is 2.28. The largest absolute Gasteiger partial charge is 0.493 e. The predicted octanol–water partition coefficient (Wildman–Crippen LogP) is 1.28. The van der Waals surface area contributed by atoms with Crippen molar-refractivity contribution in [2.75, 3.05) is 38.0 Å². The van der Waals surface area contributed by atoms with E-state index in [1.54, 1.807) is 14.2 Å². The van der Waals surface area contributed by atoms with E-state index in [2.05, 4.69) is 5.32 Å². The zero-order valence-electron chi connectivity index (χ0n) is 13.9. The molecule has 1 saturated heterocycles. The first-order valence-corrected chi connectivity index (χ1v) is 10.6. The molecule has 0 aromatic heterocycles. The SMILES string of the molecule is COc1ccc(CCNC(=O)CS[C@@H]2CCS(=O)(=O)C2)cc1OC. The third-order valence-electron chi connectivity index (χ3n) is 3.82. The molecule has 8 heteroatoms. The van der Waals surface area contributed by atoms with Crippen molar-refractivity contribution in [3.63, 3.8) is 0 Å². The van der Waals surface area contributed by atoms with Gasteiger partial charge in [-0.05, 0) is 30.5 Å². The number of methoxy groups -OCH3 is 2. The van der Waals surface area contributed by atoms with Crippen LogP contribution in [0.25, 0.3) is 0 Å². The fourth-order valence-electron chi connectivity index (χ4n) is 2.52. The quantitative estimate of drug-likeness (QED) is 0.739. The number of amides is 1. The minimum atomic E-state index is -2.88. The van der Waals surface area contributed by atoms with Crippen molar-refractivity contribution < 1.29 is 22.7 Å². The van der Waals surface area contributed by atoms with Gasteiger partial charge in [-0.2, -0.15) is 0 Å². The van der Waals surface area contributed by atoms with Crippen molar-refractivity contribution in [2.24, 2.45) is 0 Å². The van der Waals surface area contributed by atoms with Crippen molar-refractivity contribution in [3.05, 3.63) is 23.8 Å². The molecule has 1 fully saturated rings. The summed E-state index contributed by atoms with van der Waals surface area (Å²) in [5, 5.41) is 2.91. The molecule has 1 aliphatic rings. The Morgan fingerprint density at radius 1 is 1.29 bits per heavy atom. The van der Waals surface area contributed by atoms with Gasteiger partial charge in [-0.15, -0.1) is 11.8 Å². The molecular weight excluding hydrogens is 350 g/mol. The molecule has 1 N–H and O–H groups in total. The van der Waals surface area contributed by atoms with Gasteiger partial charge in [-0.1, -0.05) is 6.07 Å². The average Bonchev–Trinajstić information content (AvgIpc) is 2.92. The third kappa shape index (κ3) is 5.59. The molecule has 1 aromatic carbocycles. The summed E-state index contributed by atoms with van der Waals surface area (Å²) in [6.45, 7) is 0.526. The molecule has 24 heavy (non-hydrogen) atoms. The van der Waals surface area contributed by atoms with Crippen LogP contribution in [-0.2, 0) is 21.1 Å². The van der Waals surface area contributed by atoms with Gasteiger partial charge in [0, 0.05) is 11.8 Å². The highest BCUT2D eigenvalue weighted by molar-refractivity contribution is 8.02. The molecule has 1 amide bonds. The van der Waals surface area contributed by atoms with Crippen LogP contribution in [0.1, 0.15) is 12.0 Å². The smallest absolute Gasteiger partial charge is 0.230 e. The van der Waals surface area contributed by atoms with Gasteiger partial charge in [-0.25, -0.2) is 8.42 Å². The van der Waals surface area contributed by atoms with E-state index in [0.717, 1.165) is 5.56 Å². The normalized spacial score (nSPS) is 19.0. The Morgan fingerprint density at radius 3 is 2.67 bits per heavy atom. The summed E-state index contributed by atoms with van der Waals surface area (Å²) >= 11 is 1.42. The van der Waals surface area contributed by atoms with Crippen LogP contribution in [0, 0.1) is 0 Å². The molecule has 6 nitrogen and oxygen atoms in total. The van der Waals surface area contributed by atoms with E-state index in [1.807, 2.05) is 18.2 Å². The van der Waals surface area contributed by atoms with Crippen LogP contribution in [-0.4, -0.2) is 57.6 Å². The fourth-order valence-corrected chi connectivity index (χ4v) is 5.99. The Kier molecular flexibility index (Phi) is 6.79. The van der Waals surface area contributed by atoms with Crippen LogP contribution in [0.5, 0.6) is 11.5 Å². The molecule has 2 rings (SSSR count). The molecule has 0 saturated carbocycles. The van der Waals surface area contributed by atoms with Gasteiger partial charge in [-0.3, -0.25) is 4.79 Å². The van der Waals surface area contributed by atoms with E-state index in [0.29, 0.717) is 36.6 Å². The van der Waals surface area contributed by atoms with E-state index in [9.17, 15) is 13.2 Å². The second kappa shape index (κ2) is 8.62. The van der Waals surface area contributed by atoms with Crippen molar-refractivity contribution in [1.82, 2.24) is 5.32 Å². The van der Waals surface area contributed by atoms with E-state index in [-0.39, 0.29) is 22.7 Å². The number of thioether (sulfide) groups is 1. The number of sulfone groups is 1. The van der Waals surface area contributed by atoms with Gasteiger partial charge >= 0.3 is 0 Å². The summed E-state index contributed by atoms with van der Waals surface area (Å²) in [4.78, 5) is 11.8. The van der Waals surface area contributed by atoms with Crippen LogP contribution in [0.4, 0.5) is 0 Å². The standard InChI is InChI=1S/C16H23NO5S2/c1-21-14-4-3-12(9-15(14)22-2)5-7-17-16(18)10-23-13-6-8-24(19,20)11-13/h3-4,9,13H,5-8,10-11H2,1-2H3,(H,17,18)/t13-/m1/s1. The zero-order valence-corrected chi connectivity index (χ0v) is 15.5. The van der Waals surface area contributed by atoms with Crippen LogP contribution < -0.4 is 14.8 Å². The first-order valence-electron chi connectivity index (χ1n) is 7.73. The van der Waals surface area contributed by atoms with Gasteiger partial charge in [0.2, 0.25) is 5.91 Å². The van der Waals surface area contributed by atoms with Gasteiger partial charge in [0.05, 0.1) is 31.5 Å². The van der Waals surface area contributed by atoms with Gasteiger partial charge < -0.3 is 14.8 Å². The van der Waals surface area contributed by atoms with Crippen LogP contribution in [0.3, 0.4) is 0 Å². The van der Waals surface area contributed by atoms with Crippen LogP contribution in [0.15, 0.2) is 18.2 Å². The van der Waals surface area contributed by atoms with E-state index < -0.39 is 9.84 Å². The summed E-state index contributed by atoms with van der Waals surface area (Å²) in [7, 11) is 0.292. The molecule has 0 aliphatic carbocycles. The number of hydrogen-bond acceptors (Lipinski definition) is 6. The lowest BCUT2D eigenvalue weighted by Gasteiger charge is -2.11. The fraction of sp³-hybridized carbons (Fsp3) is 0.562. The number of carbonyl (C=O) groups is 1. The summed E-state index contributed by atoms with van der Waals surface area (Å²) < 4.78 is 33.2. The lowest BCUT2D eigenvalue weighted by Crippen LogP contribution is -2.28. The van der Waals surface area contributed by atoms with E-state index in [4.69, 9.17) is 9.47 Å². The number of carbonyl (C=O) groups excluding carboxylic acids is 1. The maximum absolute atomic E-state index is 11.8. The number of ether oxygens (including phenoxy) is 2. The van der Waals surface area contributed by atoms with Crippen molar-refractivity contribution in [1.29, 1.82) is 0 Å². The Labute approximate surface area is 147 Å². The average molecular weight is 373 g/mol. The van der Waals surface area contributed by atoms with E-state index >= 15 is 0 Å². The molecule has 1 aliphatic heterocycles. The van der Waals surface area contributed by atoms with Crippen LogP contribution in [0.2, 0.25) is 0 Å². The maximum Gasteiger partial charge on any atom is 0.230 e. The Morgan fingerprint density at radius 2 is 2.04 bits per heavy atom. The number of nitrogens with one attached hydrogen (secondary N) is 1. The van der Waals surface area contributed by atoms with Gasteiger partial charge in [0.25, 0.3) is 0 Å². The Bertz CT molecular complexity index is 675. The van der Waals surface area contributed by atoms with Gasteiger partial charge in [0.15, 0.2) is 21.3 Å². The molecule has 1 heterocycles. The molecule has 1 aromatic rings. The van der Waals surface area contributed by atoms with Crippen molar-refractivity contribution >= 4 is 27.5 Å². The second-order valence-electron chi connectivity index (χ2n) is 5.63.